The standard InChI is InChI=1S/C13H18FN/c1-2-3-8-15-13-7-5-10-4-6-11(14)9-12(10)13/h4,6,9,13,15H,2-3,5,7-8H2,1H3. The Morgan fingerprint density at radius 1 is 1.47 bits per heavy atom. The lowest BCUT2D eigenvalue weighted by molar-refractivity contribution is 0.515. The minimum absolute atomic E-state index is 0.113. The predicted octanol–water partition coefficient (Wildman–Crippen LogP) is 3.20. The van der Waals surface area contributed by atoms with Crippen molar-refractivity contribution in [2.24, 2.45) is 0 Å². The summed E-state index contributed by atoms with van der Waals surface area (Å²) in [4.78, 5) is 0. The maximum absolute atomic E-state index is 13.1. The first-order valence-electron chi connectivity index (χ1n) is 5.83. The summed E-state index contributed by atoms with van der Waals surface area (Å²) < 4.78 is 13.1. The lowest BCUT2D eigenvalue weighted by atomic mass is 10.1. The van der Waals surface area contributed by atoms with Gasteiger partial charge in [-0.05, 0) is 49.1 Å². The summed E-state index contributed by atoms with van der Waals surface area (Å²) in [6.07, 6.45) is 4.60. The van der Waals surface area contributed by atoms with Gasteiger partial charge in [0.05, 0.1) is 0 Å². The molecule has 2 rings (SSSR count). The van der Waals surface area contributed by atoms with E-state index in [2.05, 4.69) is 12.2 Å². The molecule has 0 spiro atoms. The number of hydrogen-bond acceptors (Lipinski definition) is 1. The Balaban J connectivity index is 2.03. The molecule has 0 heterocycles. The van der Waals surface area contributed by atoms with Crippen LogP contribution in [0.2, 0.25) is 0 Å². The third-order valence-electron chi connectivity index (χ3n) is 3.11. The number of benzene rings is 1. The molecule has 1 unspecified atom stereocenters. The van der Waals surface area contributed by atoms with Crippen LogP contribution in [0, 0.1) is 5.82 Å². The molecular formula is C13H18FN. The van der Waals surface area contributed by atoms with Crippen molar-refractivity contribution < 1.29 is 4.39 Å². The van der Waals surface area contributed by atoms with E-state index < -0.39 is 0 Å². The summed E-state index contributed by atoms with van der Waals surface area (Å²) in [6.45, 7) is 3.22. The monoisotopic (exact) mass is 207 g/mol. The fraction of sp³-hybridized carbons (Fsp3) is 0.538. The summed E-state index contributed by atoms with van der Waals surface area (Å²) in [5.41, 5.74) is 2.48. The van der Waals surface area contributed by atoms with Crippen molar-refractivity contribution in [1.82, 2.24) is 5.32 Å². The molecule has 1 atom stereocenters. The average Bonchev–Trinajstić information content (AvgIpc) is 2.62. The first kappa shape index (κ1) is 10.6. The maximum Gasteiger partial charge on any atom is 0.123 e. The van der Waals surface area contributed by atoms with Crippen molar-refractivity contribution in [3.63, 3.8) is 0 Å². The number of nitrogens with one attached hydrogen (secondary N) is 1. The van der Waals surface area contributed by atoms with Crippen molar-refractivity contribution >= 4 is 0 Å². The highest BCUT2D eigenvalue weighted by atomic mass is 19.1. The molecule has 0 fully saturated rings. The zero-order chi connectivity index (χ0) is 10.7. The molecule has 1 aromatic rings. The summed E-state index contributed by atoms with van der Waals surface area (Å²) >= 11 is 0. The second-order valence-electron chi connectivity index (χ2n) is 4.24. The molecule has 0 amide bonds. The molecule has 1 aromatic carbocycles. The number of fused-ring (bicyclic) bond motifs is 1. The Labute approximate surface area is 90.7 Å². The van der Waals surface area contributed by atoms with Crippen LogP contribution in [0.1, 0.15) is 43.4 Å². The van der Waals surface area contributed by atoms with Crippen LogP contribution in [0.4, 0.5) is 4.39 Å². The first-order valence-corrected chi connectivity index (χ1v) is 5.83. The van der Waals surface area contributed by atoms with Crippen LogP contribution in [-0.4, -0.2) is 6.54 Å². The molecule has 82 valence electrons. The van der Waals surface area contributed by atoms with Gasteiger partial charge in [-0.3, -0.25) is 0 Å². The van der Waals surface area contributed by atoms with Crippen LogP contribution < -0.4 is 5.32 Å². The summed E-state index contributed by atoms with van der Waals surface area (Å²) in [5, 5.41) is 3.50. The molecule has 0 saturated carbocycles. The molecule has 1 aliphatic rings. The Morgan fingerprint density at radius 2 is 2.33 bits per heavy atom. The maximum atomic E-state index is 13.1. The highest BCUT2D eigenvalue weighted by Gasteiger charge is 2.21. The molecule has 0 bridgehead atoms. The molecule has 15 heavy (non-hydrogen) atoms. The van der Waals surface area contributed by atoms with E-state index in [4.69, 9.17) is 0 Å². The van der Waals surface area contributed by atoms with E-state index in [0.29, 0.717) is 6.04 Å². The number of rotatable bonds is 4. The Morgan fingerprint density at radius 3 is 3.13 bits per heavy atom. The van der Waals surface area contributed by atoms with E-state index in [0.717, 1.165) is 19.4 Å². The molecule has 1 nitrogen and oxygen atoms in total. The van der Waals surface area contributed by atoms with Gasteiger partial charge in [-0.1, -0.05) is 19.4 Å². The van der Waals surface area contributed by atoms with Gasteiger partial charge in [-0.25, -0.2) is 4.39 Å². The van der Waals surface area contributed by atoms with E-state index in [1.165, 1.54) is 24.0 Å². The fourth-order valence-electron chi connectivity index (χ4n) is 2.24. The average molecular weight is 207 g/mol. The molecule has 0 saturated heterocycles. The van der Waals surface area contributed by atoms with E-state index in [9.17, 15) is 4.39 Å². The lowest BCUT2D eigenvalue weighted by Gasteiger charge is -2.13. The van der Waals surface area contributed by atoms with Gasteiger partial charge in [-0.15, -0.1) is 0 Å². The first-order chi connectivity index (χ1) is 7.31. The summed E-state index contributed by atoms with van der Waals surface area (Å²) in [6, 6.07) is 5.55. The number of halogens is 1. The van der Waals surface area contributed by atoms with Crippen molar-refractivity contribution in [3.05, 3.63) is 35.1 Å². The van der Waals surface area contributed by atoms with Crippen LogP contribution in [0.5, 0.6) is 0 Å². The quantitative estimate of drug-likeness (QED) is 0.748. The number of aryl methyl sites for hydroxylation is 1. The molecule has 1 aliphatic carbocycles. The molecule has 1 N–H and O–H groups in total. The molecule has 0 radical (unpaired) electrons. The van der Waals surface area contributed by atoms with Gasteiger partial charge in [0, 0.05) is 6.04 Å². The van der Waals surface area contributed by atoms with Gasteiger partial charge >= 0.3 is 0 Å². The van der Waals surface area contributed by atoms with Gasteiger partial charge in [0.2, 0.25) is 0 Å². The number of hydrogen-bond donors (Lipinski definition) is 1. The van der Waals surface area contributed by atoms with Crippen molar-refractivity contribution in [1.29, 1.82) is 0 Å². The Bertz CT molecular complexity index is 335. The second-order valence-corrected chi connectivity index (χ2v) is 4.24. The van der Waals surface area contributed by atoms with Crippen LogP contribution >= 0.6 is 0 Å². The van der Waals surface area contributed by atoms with E-state index in [-0.39, 0.29) is 5.82 Å². The highest BCUT2D eigenvalue weighted by molar-refractivity contribution is 5.34. The topological polar surface area (TPSA) is 12.0 Å². The Kier molecular flexibility index (Phi) is 3.37. The molecule has 2 heteroatoms. The zero-order valence-corrected chi connectivity index (χ0v) is 9.22. The smallest absolute Gasteiger partial charge is 0.123 e. The van der Waals surface area contributed by atoms with Gasteiger partial charge in [0.25, 0.3) is 0 Å². The molecule has 0 aliphatic heterocycles. The SMILES string of the molecule is CCCCNC1CCc2ccc(F)cc21. The third kappa shape index (κ3) is 2.37. The minimum Gasteiger partial charge on any atom is -0.310 e. The largest absolute Gasteiger partial charge is 0.310 e. The third-order valence-corrected chi connectivity index (χ3v) is 3.11. The van der Waals surface area contributed by atoms with Crippen LogP contribution in [0.25, 0.3) is 0 Å². The van der Waals surface area contributed by atoms with Crippen LogP contribution in [0.15, 0.2) is 18.2 Å². The van der Waals surface area contributed by atoms with Crippen molar-refractivity contribution in [2.75, 3.05) is 6.54 Å². The number of unbranched alkanes of at least 4 members (excludes halogenated alkanes) is 1. The lowest BCUT2D eigenvalue weighted by Crippen LogP contribution is -2.20. The minimum atomic E-state index is -0.113. The molecule has 0 aromatic heterocycles. The van der Waals surface area contributed by atoms with Crippen molar-refractivity contribution in [2.45, 2.75) is 38.6 Å². The van der Waals surface area contributed by atoms with Gasteiger partial charge in [0.1, 0.15) is 5.82 Å². The van der Waals surface area contributed by atoms with E-state index in [1.807, 2.05) is 6.07 Å². The normalized spacial score (nSPS) is 19.2. The highest BCUT2D eigenvalue weighted by Crippen LogP contribution is 2.31. The van der Waals surface area contributed by atoms with Crippen LogP contribution in [-0.2, 0) is 6.42 Å². The van der Waals surface area contributed by atoms with E-state index >= 15 is 0 Å². The van der Waals surface area contributed by atoms with Gasteiger partial charge in [0.15, 0.2) is 0 Å². The predicted molar refractivity (Wildman–Crippen MR) is 60.4 cm³/mol. The van der Waals surface area contributed by atoms with Gasteiger partial charge < -0.3 is 5.32 Å². The Hall–Kier alpha value is -0.890. The zero-order valence-electron chi connectivity index (χ0n) is 9.22. The van der Waals surface area contributed by atoms with Crippen molar-refractivity contribution in [3.8, 4) is 0 Å². The fourth-order valence-corrected chi connectivity index (χ4v) is 2.24. The summed E-state index contributed by atoms with van der Waals surface area (Å²) in [7, 11) is 0. The van der Waals surface area contributed by atoms with Gasteiger partial charge in [-0.2, -0.15) is 0 Å². The molecular weight excluding hydrogens is 189 g/mol. The van der Waals surface area contributed by atoms with E-state index in [1.54, 1.807) is 12.1 Å². The second kappa shape index (κ2) is 4.75. The summed E-state index contributed by atoms with van der Waals surface area (Å²) in [5.74, 6) is -0.113. The van der Waals surface area contributed by atoms with Crippen LogP contribution in [0.3, 0.4) is 0 Å².